The summed E-state index contributed by atoms with van der Waals surface area (Å²) in [5.74, 6) is -1.05. The lowest BCUT2D eigenvalue weighted by Gasteiger charge is -2.09. The van der Waals surface area contributed by atoms with Crippen molar-refractivity contribution >= 4 is 5.97 Å². The average Bonchev–Trinajstić information content (AvgIpc) is 2.27. The molecule has 0 unspecified atom stereocenters. The summed E-state index contributed by atoms with van der Waals surface area (Å²) in [5.41, 5.74) is 6.29. The van der Waals surface area contributed by atoms with Crippen LogP contribution in [-0.2, 0) is 9.53 Å². The fourth-order valence-electron chi connectivity index (χ4n) is 1.26. The van der Waals surface area contributed by atoms with Crippen LogP contribution in [0.3, 0.4) is 0 Å². The van der Waals surface area contributed by atoms with Crippen LogP contribution in [0.25, 0.3) is 0 Å². The van der Waals surface area contributed by atoms with E-state index in [2.05, 4.69) is 4.74 Å². The molecule has 5 heteroatoms. The van der Waals surface area contributed by atoms with Crippen molar-refractivity contribution in [1.29, 1.82) is 0 Å². The lowest BCUT2D eigenvalue weighted by Crippen LogP contribution is -2.15. The lowest BCUT2D eigenvalue weighted by molar-refractivity contribution is -0.145. The largest absolute Gasteiger partial charge is 0.479 e. The summed E-state index contributed by atoms with van der Waals surface area (Å²) >= 11 is 0. The summed E-state index contributed by atoms with van der Waals surface area (Å²) in [6, 6.07) is 4.16. The second-order valence-corrected chi connectivity index (χ2v) is 3.57. The van der Waals surface area contributed by atoms with E-state index in [1.54, 1.807) is 19.9 Å². The van der Waals surface area contributed by atoms with E-state index in [0.29, 0.717) is 5.56 Å². The van der Waals surface area contributed by atoms with Crippen LogP contribution in [0.2, 0.25) is 0 Å². The second-order valence-electron chi connectivity index (χ2n) is 3.57. The van der Waals surface area contributed by atoms with Crippen LogP contribution in [0.1, 0.15) is 25.5 Å². The predicted octanol–water partition coefficient (Wildman–Crippen LogP) is 1.79. The van der Waals surface area contributed by atoms with Gasteiger partial charge in [0.2, 0.25) is 0 Å². The molecule has 1 aromatic carbocycles. The van der Waals surface area contributed by atoms with Crippen LogP contribution in [0.15, 0.2) is 18.2 Å². The maximum atomic E-state index is 13.5. The molecule has 0 bridgehead atoms. The van der Waals surface area contributed by atoms with E-state index >= 15 is 0 Å². The Morgan fingerprint density at radius 1 is 1.53 bits per heavy atom. The lowest BCUT2D eigenvalue weighted by atomic mass is 10.1. The fourth-order valence-corrected chi connectivity index (χ4v) is 1.26. The van der Waals surface area contributed by atoms with Gasteiger partial charge in [-0.1, -0.05) is 6.07 Å². The van der Waals surface area contributed by atoms with Gasteiger partial charge in [0.25, 0.3) is 0 Å². The van der Waals surface area contributed by atoms with Gasteiger partial charge in [-0.05, 0) is 31.5 Å². The molecule has 2 N–H and O–H groups in total. The number of halogens is 1. The molecule has 1 rings (SSSR count). The molecule has 0 aliphatic heterocycles. The van der Waals surface area contributed by atoms with E-state index in [0.717, 1.165) is 0 Å². The highest BCUT2D eigenvalue weighted by Crippen LogP contribution is 2.21. The molecule has 4 nitrogen and oxygen atoms in total. The zero-order valence-corrected chi connectivity index (χ0v) is 9.90. The van der Waals surface area contributed by atoms with E-state index < -0.39 is 11.8 Å². The number of carbonyl (C=O) groups is 1. The van der Waals surface area contributed by atoms with Crippen LogP contribution in [-0.4, -0.2) is 19.2 Å². The Morgan fingerprint density at radius 2 is 2.24 bits per heavy atom. The first kappa shape index (κ1) is 13.4. The molecule has 1 atom stereocenters. The highest BCUT2D eigenvalue weighted by Gasteiger charge is 2.09. The zero-order valence-electron chi connectivity index (χ0n) is 9.90. The highest BCUT2D eigenvalue weighted by molar-refractivity contribution is 5.71. The number of hydrogen-bond acceptors (Lipinski definition) is 4. The summed E-state index contributed by atoms with van der Waals surface area (Å²) < 4.78 is 23.2. The topological polar surface area (TPSA) is 61.5 Å². The Balaban J connectivity index is 2.63. The maximum Gasteiger partial charge on any atom is 0.344 e. The predicted molar refractivity (Wildman–Crippen MR) is 61.1 cm³/mol. The van der Waals surface area contributed by atoms with Gasteiger partial charge in [-0.2, -0.15) is 0 Å². The van der Waals surface area contributed by atoms with E-state index in [1.807, 2.05) is 0 Å². The van der Waals surface area contributed by atoms with Crippen molar-refractivity contribution in [2.75, 3.05) is 13.2 Å². The van der Waals surface area contributed by atoms with E-state index in [-0.39, 0.29) is 25.0 Å². The average molecular weight is 241 g/mol. The van der Waals surface area contributed by atoms with Gasteiger partial charge in [0.05, 0.1) is 6.61 Å². The number of nitrogens with two attached hydrogens (primary N) is 1. The zero-order chi connectivity index (χ0) is 12.8. The number of benzene rings is 1. The Morgan fingerprint density at radius 3 is 2.76 bits per heavy atom. The molecule has 0 aromatic heterocycles. The van der Waals surface area contributed by atoms with Gasteiger partial charge in [-0.15, -0.1) is 0 Å². The number of esters is 1. The first-order valence-corrected chi connectivity index (χ1v) is 5.38. The Labute approximate surface area is 99.5 Å². The first-order chi connectivity index (χ1) is 8.04. The molecule has 0 amide bonds. The first-order valence-electron chi connectivity index (χ1n) is 5.38. The molecule has 0 radical (unpaired) electrons. The van der Waals surface area contributed by atoms with Crippen molar-refractivity contribution in [2.24, 2.45) is 5.73 Å². The molecule has 0 aliphatic carbocycles. The molecule has 0 spiro atoms. The fraction of sp³-hybridized carbons (Fsp3) is 0.417. The molecule has 0 saturated carbocycles. The van der Waals surface area contributed by atoms with Crippen molar-refractivity contribution in [3.05, 3.63) is 29.6 Å². The Bertz CT molecular complexity index is 393. The molecule has 0 aliphatic rings. The molecule has 94 valence electrons. The van der Waals surface area contributed by atoms with Crippen LogP contribution < -0.4 is 10.5 Å². The summed E-state index contributed by atoms with van der Waals surface area (Å²) in [6.07, 6.45) is 0. The third-order valence-corrected chi connectivity index (χ3v) is 2.13. The summed E-state index contributed by atoms with van der Waals surface area (Å²) in [4.78, 5) is 11.0. The van der Waals surface area contributed by atoms with Gasteiger partial charge in [0, 0.05) is 6.04 Å². The number of ether oxygens (including phenoxy) is 2. The number of hydrogen-bond donors (Lipinski definition) is 1. The van der Waals surface area contributed by atoms with Gasteiger partial charge in [-0.25, -0.2) is 9.18 Å². The van der Waals surface area contributed by atoms with Crippen LogP contribution in [0.5, 0.6) is 5.75 Å². The maximum absolute atomic E-state index is 13.5. The van der Waals surface area contributed by atoms with E-state index in [1.165, 1.54) is 12.1 Å². The second kappa shape index (κ2) is 6.20. The SMILES string of the molecule is CCOC(=O)COc1ccc([C@@H](C)N)cc1F. The minimum atomic E-state index is -0.538. The molecular weight excluding hydrogens is 225 g/mol. The third-order valence-electron chi connectivity index (χ3n) is 2.13. The standard InChI is InChI=1S/C12H16FNO3/c1-3-16-12(15)7-17-11-5-4-9(8(2)14)6-10(11)13/h4-6,8H,3,7,14H2,1-2H3/t8-/m1/s1. The quantitative estimate of drug-likeness (QED) is 0.798. The van der Waals surface area contributed by atoms with Crippen molar-refractivity contribution in [2.45, 2.75) is 19.9 Å². The van der Waals surface area contributed by atoms with Gasteiger partial charge in [-0.3, -0.25) is 0 Å². The van der Waals surface area contributed by atoms with Gasteiger partial charge in [0.1, 0.15) is 0 Å². The van der Waals surface area contributed by atoms with Gasteiger partial charge >= 0.3 is 5.97 Å². The van der Waals surface area contributed by atoms with Crippen molar-refractivity contribution in [3.63, 3.8) is 0 Å². The van der Waals surface area contributed by atoms with Gasteiger partial charge in [0.15, 0.2) is 18.2 Å². The van der Waals surface area contributed by atoms with Crippen molar-refractivity contribution in [3.8, 4) is 5.75 Å². The molecular formula is C12H16FNO3. The number of carbonyl (C=O) groups excluding carboxylic acids is 1. The monoisotopic (exact) mass is 241 g/mol. The normalized spacial score (nSPS) is 12.0. The van der Waals surface area contributed by atoms with Crippen LogP contribution in [0.4, 0.5) is 4.39 Å². The van der Waals surface area contributed by atoms with Crippen molar-refractivity contribution in [1.82, 2.24) is 0 Å². The number of rotatable bonds is 5. The summed E-state index contributed by atoms with van der Waals surface area (Å²) in [7, 11) is 0. The third kappa shape index (κ3) is 4.03. The Kier molecular flexibility index (Phi) is 4.90. The molecule has 0 saturated heterocycles. The summed E-state index contributed by atoms with van der Waals surface area (Å²) in [5, 5.41) is 0. The van der Waals surface area contributed by atoms with E-state index in [4.69, 9.17) is 10.5 Å². The minimum Gasteiger partial charge on any atom is -0.479 e. The molecule has 1 aromatic rings. The molecule has 0 heterocycles. The van der Waals surface area contributed by atoms with Crippen LogP contribution >= 0.6 is 0 Å². The van der Waals surface area contributed by atoms with E-state index in [9.17, 15) is 9.18 Å². The highest BCUT2D eigenvalue weighted by atomic mass is 19.1. The molecule has 17 heavy (non-hydrogen) atoms. The van der Waals surface area contributed by atoms with Crippen LogP contribution in [0, 0.1) is 5.82 Å². The Hall–Kier alpha value is -1.62. The minimum absolute atomic E-state index is 0.0162. The van der Waals surface area contributed by atoms with Gasteiger partial charge < -0.3 is 15.2 Å². The smallest absolute Gasteiger partial charge is 0.344 e. The molecule has 0 fully saturated rings. The summed E-state index contributed by atoms with van der Waals surface area (Å²) in [6.45, 7) is 3.42. The van der Waals surface area contributed by atoms with Crippen molar-refractivity contribution < 1.29 is 18.7 Å².